The largest absolute Gasteiger partial charge is 0.293 e. The maximum atomic E-state index is 12.3. The van der Waals surface area contributed by atoms with Crippen LogP contribution in [0.3, 0.4) is 0 Å². The summed E-state index contributed by atoms with van der Waals surface area (Å²) in [7, 11) is 0. The molecule has 136 valence electrons. The first-order valence-corrected chi connectivity index (χ1v) is 9.24. The van der Waals surface area contributed by atoms with Gasteiger partial charge in [-0.25, -0.2) is 0 Å². The Labute approximate surface area is 160 Å². The molecule has 0 bridgehead atoms. The molecule has 0 spiro atoms. The van der Waals surface area contributed by atoms with E-state index < -0.39 is 4.92 Å². The molecule has 0 amide bonds. The van der Waals surface area contributed by atoms with E-state index in [2.05, 4.69) is 22.3 Å². The molecule has 0 aliphatic heterocycles. The van der Waals surface area contributed by atoms with Crippen LogP contribution in [-0.4, -0.2) is 26.7 Å². The molecule has 0 radical (unpaired) electrons. The maximum Gasteiger partial charge on any atom is 0.270 e. The highest BCUT2D eigenvalue weighted by molar-refractivity contribution is 7.99. The molecule has 0 N–H and O–H groups in total. The number of hydrogen-bond acceptors (Lipinski definition) is 6. The van der Waals surface area contributed by atoms with Crippen molar-refractivity contribution in [1.82, 2.24) is 10.2 Å². The molecule has 0 aliphatic rings. The van der Waals surface area contributed by atoms with Gasteiger partial charge in [0.15, 0.2) is 5.78 Å². The predicted molar refractivity (Wildman–Crippen MR) is 105 cm³/mol. The topological polar surface area (TPSA) is 86.0 Å². The predicted octanol–water partition coefficient (Wildman–Crippen LogP) is 4.64. The summed E-state index contributed by atoms with van der Waals surface area (Å²) in [6, 6.07) is 15.6. The van der Waals surface area contributed by atoms with Crippen molar-refractivity contribution >= 4 is 23.2 Å². The molecule has 6 nitrogen and oxygen atoms in total. The lowest BCUT2D eigenvalue weighted by Gasteiger charge is -2.06. The number of aromatic nitrogens is 2. The zero-order valence-electron chi connectivity index (χ0n) is 14.9. The molecule has 0 unspecified atom stereocenters. The molecule has 3 aromatic rings. The zero-order chi connectivity index (χ0) is 19.4. The summed E-state index contributed by atoms with van der Waals surface area (Å²) in [4.78, 5) is 22.6. The van der Waals surface area contributed by atoms with Gasteiger partial charge in [-0.3, -0.25) is 14.9 Å². The highest BCUT2D eigenvalue weighted by Crippen LogP contribution is 2.24. The third kappa shape index (κ3) is 4.57. The van der Waals surface area contributed by atoms with Gasteiger partial charge in [0.2, 0.25) is 0 Å². The van der Waals surface area contributed by atoms with Gasteiger partial charge in [0.05, 0.1) is 16.4 Å². The van der Waals surface area contributed by atoms with E-state index in [4.69, 9.17) is 0 Å². The molecule has 0 saturated heterocycles. The molecule has 7 heteroatoms. The van der Waals surface area contributed by atoms with Crippen LogP contribution < -0.4 is 0 Å². The number of Topliss-reactive ketones (excluding diaryl/α,β-unsaturated/α-hetero) is 1. The maximum absolute atomic E-state index is 12.3. The Bertz CT molecular complexity index is 1000. The molecule has 1 aromatic heterocycles. The van der Waals surface area contributed by atoms with Crippen molar-refractivity contribution in [3.8, 4) is 11.3 Å². The van der Waals surface area contributed by atoms with Gasteiger partial charge >= 0.3 is 0 Å². The van der Waals surface area contributed by atoms with Crippen LogP contribution >= 0.6 is 11.8 Å². The van der Waals surface area contributed by atoms with E-state index in [-0.39, 0.29) is 17.2 Å². The zero-order valence-corrected chi connectivity index (χ0v) is 15.7. The fraction of sp³-hybridized carbons (Fsp3) is 0.150. The average molecular weight is 379 g/mol. The smallest absolute Gasteiger partial charge is 0.270 e. The van der Waals surface area contributed by atoms with Crippen molar-refractivity contribution in [2.24, 2.45) is 0 Å². The summed E-state index contributed by atoms with van der Waals surface area (Å²) in [6.45, 7) is 4.05. The van der Waals surface area contributed by atoms with Crippen molar-refractivity contribution < 1.29 is 9.72 Å². The fourth-order valence-electron chi connectivity index (χ4n) is 2.57. The fourth-order valence-corrected chi connectivity index (χ4v) is 3.28. The second-order valence-electron chi connectivity index (χ2n) is 6.09. The summed E-state index contributed by atoms with van der Waals surface area (Å²) >= 11 is 1.26. The number of benzene rings is 2. The minimum Gasteiger partial charge on any atom is -0.293 e. The molecule has 0 aliphatic carbocycles. The Kier molecular flexibility index (Phi) is 5.61. The first kappa shape index (κ1) is 18.7. The number of nitro groups is 1. The van der Waals surface area contributed by atoms with E-state index in [0.29, 0.717) is 10.6 Å². The highest BCUT2D eigenvalue weighted by atomic mass is 32.2. The first-order valence-electron chi connectivity index (χ1n) is 8.26. The van der Waals surface area contributed by atoms with Gasteiger partial charge in [-0.1, -0.05) is 41.6 Å². The van der Waals surface area contributed by atoms with E-state index in [1.807, 2.05) is 32.0 Å². The van der Waals surface area contributed by atoms with Crippen molar-refractivity contribution in [3.05, 3.63) is 81.4 Å². The molecule has 1 heterocycles. The van der Waals surface area contributed by atoms with Crippen molar-refractivity contribution in [2.45, 2.75) is 18.9 Å². The lowest BCUT2D eigenvalue weighted by atomic mass is 10.0. The lowest BCUT2D eigenvalue weighted by Crippen LogP contribution is -2.03. The molecular formula is C20H17N3O3S. The van der Waals surface area contributed by atoms with Gasteiger partial charge in [0.25, 0.3) is 5.69 Å². The lowest BCUT2D eigenvalue weighted by molar-refractivity contribution is -0.384. The van der Waals surface area contributed by atoms with Gasteiger partial charge in [-0.05, 0) is 37.6 Å². The Balaban J connectivity index is 1.68. The second-order valence-corrected chi connectivity index (χ2v) is 7.09. The van der Waals surface area contributed by atoms with Crippen LogP contribution in [0.15, 0.2) is 59.6 Å². The van der Waals surface area contributed by atoms with Crippen LogP contribution in [0, 0.1) is 24.0 Å². The van der Waals surface area contributed by atoms with E-state index >= 15 is 0 Å². The Morgan fingerprint density at radius 3 is 2.59 bits per heavy atom. The van der Waals surface area contributed by atoms with Crippen LogP contribution in [0.1, 0.15) is 21.5 Å². The van der Waals surface area contributed by atoms with E-state index in [0.717, 1.165) is 22.4 Å². The number of non-ortho nitro benzene ring substituents is 1. The van der Waals surface area contributed by atoms with Gasteiger partial charge in [-0.2, -0.15) is 0 Å². The number of hydrogen-bond donors (Lipinski definition) is 0. The minimum absolute atomic E-state index is 0.0940. The Morgan fingerprint density at radius 1 is 1.07 bits per heavy atom. The van der Waals surface area contributed by atoms with E-state index in [9.17, 15) is 14.9 Å². The average Bonchev–Trinajstić information content (AvgIpc) is 2.68. The number of carbonyl (C=O) groups is 1. The van der Waals surface area contributed by atoms with E-state index in [1.165, 1.54) is 30.0 Å². The summed E-state index contributed by atoms with van der Waals surface area (Å²) in [5.74, 6) is -0.0531. The normalized spacial score (nSPS) is 10.6. The summed E-state index contributed by atoms with van der Waals surface area (Å²) in [6.07, 6.45) is 0. The van der Waals surface area contributed by atoms with Crippen molar-refractivity contribution in [3.63, 3.8) is 0 Å². The van der Waals surface area contributed by atoms with Crippen molar-refractivity contribution in [1.29, 1.82) is 0 Å². The SMILES string of the molecule is Cc1ccc(C)c(-c2ccc(SCC(=O)c3cccc([N+](=O)[O-])c3)nn2)c1. The second kappa shape index (κ2) is 8.09. The molecule has 3 rings (SSSR count). The number of aryl methyl sites for hydroxylation is 2. The number of carbonyl (C=O) groups excluding carboxylic acids is 1. The Hall–Kier alpha value is -3.06. The van der Waals surface area contributed by atoms with Crippen LogP contribution in [0.2, 0.25) is 0 Å². The summed E-state index contributed by atoms with van der Waals surface area (Å²) in [5, 5.41) is 19.9. The number of nitrogens with zero attached hydrogens (tertiary/aromatic N) is 3. The minimum atomic E-state index is -0.512. The summed E-state index contributed by atoms with van der Waals surface area (Å²) in [5.41, 5.74) is 4.31. The van der Waals surface area contributed by atoms with Gasteiger partial charge in [0.1, 0.15) is 5.03 Å². The highest BCUT2D eigenvalue weighted by Gasteiger charge is 2.13. The monoisotopic (exact) mass is 379 g/mol. The molecule has 0 fully saturated rings. The van der Waals surface area contributed by atoms with E-state index in [1.54, 1.807) is 6.07 Å². The van der Waals surface area contributed by atoms with Crippen LogP contribution in [0.5, 0.6) is 0 Å². The third-order valence-electron chi connectivity index (χ3n) is 4.04. The Morgan fingerprint density at radius 2 is 1.89 bits per heavy atom. The van der Waals surface area contributed by atoms with Gasteiger partial charge in [-0.15, -0.1) is 10.2 Å². The van der Waals surface area contributed by atoms with Crippen molar-refractivity contribution in [2.75, 3.05) is 5.75 Å². The standard InChI is InChI=1S/C20H17N3O3S/c1-13-6-7-14(2)17(10-13)18-8-9-20(22-21-18)27-12-19(24)15-4-3-5-16(11-15)23(25)26/h3-11H,12H2,1-2H3. The third-order valence-corrected chi connectivity index (χ3v) is 4.96. The number of thioether (sulfide) groups is 1. The molecule has 0 saturated carbocycles. The number of nitro benzene ring substituents is 1. The van der Waals surface area contributed by atoms with Gasteiger partial charge in [0, 0.05) is 23.3 Å². The molecule has 0 atom stereocenters. The van der Waals surface area contributed by atoms with Crippen LogP contribution in [0.25, 0.3) is 11.3 Å². The van der Waals surface area contributed by atoms with Gasteiger partial charge < -0.3 is 0 Å². The van der Waals surface area contributed by atoms with Crippen LogP contribution in [-0.2, 0) is 0 Å². The first-order chi connectivity index (χ1) is 12.9. The summed E-state index contributed by atoms with van der Waals surface area (Å²) < 4.78 is 0. The quantitative estimate of drug-likeness (QED) is 0.268. The molecular weight excluding hydrogens is 362 g/mol. The number of rotatable bonds is 6. The molecule has 27 heavy (non-hydrogen) atoms. The van der Waals surface area contributed by atoms with Crippen LogP contribution in [0.4, 0.5) is 5.69 Å². The molecule has 2 aromatic carbocycles. The number of ketones is 1.